The molecule has 0 amide bonds. The van der Waals surface area contributed by atoms with Gasteiger partial charge in [0.1, 0.15) is 30.0 Å². The Morgan fingerprint density at radius 2 is 1.97 bits per heavy atom. The number of epoxide rings is 2. The molecule has 2 aliphatic heterocycles. The molecular weight excluding hydrogens is 376 g/mol. The Morgan fingerprint density at radius 3 is 2.55 bits per heavy atom. The molecule has 6 atom stereocenters. The molecule has 0 radical (unpaired) electrons. The fourth-order valence-corrected chi connectivity index (χ4v) is 4.57. The van der Waals surface area contributed by atoms with E-state index in [9.17, 15) is 9.59 Å². The van der Waals surface area contributed by atoms with Gasteiger partial charge in [0.05, 0.1) is 18.6 Å². The molecule has 1 spiro atoms. The Bertz CT molecular complexity index is 689. The van der Waals surface area contributed by atoms with Crippen LogP contribution in [-0.2, 0) is 33.3 Å². The summed E-state index contributed by atoms with van der Waals surface area (Å²) in [5, 5.41) is 0. The fourth-order valence-electron chi connectivity index (χ4n) is 4.57. The van der Waals surface area contributed by atoms with E-state index in [2.05, 4.69) is 26.8 Å². The molecule has 3 fully saturated rings. The molecule has 7 nitrogen and oxygen atoms in total. The van der Waals surface area contributed by atoms with E-state index < -0.39 is 11.9 Å². The first kappa shape index (κ1) is 22.0. The highest BCUT2D eigenvalue weighted by molar-refractivity contribution is 5.82. The maximum absolute atomic E-state index is 12.2. The Hall–Kier alpha value is -1.70. The van der Waals surface area contributed by atoms with E-state index >= 15 is 0 Å². The number of esters is 2. The third-order valence-electron chi connectivity index (χ3n) is 6.14. The summed E-state index contributed by atoms with van der Waals surface area (Å²) in [6, 6.07) is 0. The van der Waals surface area contributed by atoms with Crippen molar-refractivity contribution in [3.63, 3.8) is 0 Å². The van der Waals surface area contributed by atoms with Gasteiger partial charge in [-0.05, 0) is 46.1 Å². The van der Waals surface area contributed by atoms with Gasteiger partial charge in [0.25, 0.3) is 0 Å². The van der Waals surface area contributed by atoms with Crippen LogP contribution in [-0.4, -0.2) is 61.8 Å². The van der Waals surface area contributed by atoms with Gasteiger partial charge in [-0.1, -0.05) is 11.6 Å². The second kappa shape index (κ2) is 8.58. The molecule has 0 aromatic carbocycles. The number of methoxy groups -OCH3 is 1. The van der Waals surface area contributed by atoms with Gasteiger partial charge in [-0.15, -0.1) is 0 Å². The predicted octanol–water partition coefficient (Wildman–Crippen LogP) is 2.73. The summed E-state index contributed by atoms with van der Waals surface area (Å²) in [7, 11) is 1.65. The molecule has 2 saturated heterocycles. The van der Waals surface area contributed by atoms with Crippen LogP contribution in [0, 0.1) is 5.92 Å². The smallest absolute Gasteiger partial charge is 0.330 e. The van der Waals surface area contributed by atoms with Crippen molar-refractivity contribution in [2.24, 2.45) is 5.92 Å². The van der Waals surface area contributed by atoms with E-state index in [0.29, 0.717) is 13.0 Å². The number of allylic oxidation sites excluding steroid dienone is 1. The Morgan fingerprint density at radius 1 is 1.24 bits per heavy atom. The fraction of sp³-hybridized carbons (Fsp3) is 0.727. The van der Waals surface area contributed by atoms with Gasteiger partial charge < -0.3 is 23.7 Å². The van der Waals surface area contributed by atoms with Crippen LogP contribution in [0.25, 0.3) is 0 Å². The lowest BCUT2D eigenvalue weighted by Crippen LogP contribution is -2.55. The van der Waals surface area contributed by atoms with Crippen molar-refractivity contribution in [1.29, 1.82) is 0 Å². The minimum Gasteiger partial charge on any atom is -0.462 e. The maximum Gasteiger partial charge on any atom is 0.330 e. The van der Waals surface area contributed by atoms with Gasteiger partial charge >= 0.3 is 11.9 Å². The van der Waals surface area contributed by atoms with E-state index in [4.69, 9.17) is 23.7 Å². The van der Waals surface area contributed by atoms with Crippen LogP contribution in [0.3, 0.4) is 0 Å². The van der Waals surface area contributed by atoms with Gasteiger partial charge in [-0.25, -0.2) is 4.79 Å². The highest BCUT2D eigenvalue weighted by Crippen LogP contribution is 2.59. The molecule has 0 aromatic rings. The van der Waals surface area contributed by atoms with Crippen LogP contribution in [0.2, 0.25) is 0 Å². The Balaban J connectivity index is 1.66. The van der Waals surface area contributed by atoms with E-state index in [1.807, 2.05) is 0 Å². The molecule has 29 heavy (non-hydrogen) atoms. The van der Waals surface area contributed by atoms with Crippen LogP contribution in [0.1, 0.15) is 47.0 Å². The minimum absolute atomic E-state index is 0.00728. The Kier molecular flexibility index (Phi) is 6.51. The predicted molar refractivity (Wildman–Crippen MR) is 105 cm³/mol. The molecular formula is C22H32O7. The van der Waals surface area contributed by atoms with Crippen LogP contribution in [0.15, 0.2) is 23.8 Å². The average Bonchev–Trinajstić information content (AvgIpc) is 3.56. The zero-order valence-corrected chi connectivity index (χ0v) is 17.9. The summed E-state index contributed by atoms with van der Waals surface area (Å²) in [4.78, 5) is 23.0. The number of rotatable bonds is 8. The Labute approximate surface area is 172 Å². The molecule has 2 heterocycles. The maximum atomic E-state index is 12.2. The minimum atomic E-state index is -0.474. The van der Waals surface area contributed by atoms with Crippen molar-refractivity contribution in [3.05, 3.63) is 23.8 Å². The van der Waals surface area contributed by atoms with E-state index in [0.717, 1.165) is 12.8 Å². The largest absolute Gasteiger partial charge is 0.462 e. The molecule has 6 unspecified atom stereocenters. The van der Waals surface area contributed by atoms with Gasteiger partial charge in [0, 0.05) is 20.1 Å². The molecule has 162 valence electrons. The number of ether oxygens (including phenoxy) is 5. The van der Waals surface area contributed by atoms with E-state index in [-0.39, 0.29) is 42.0 Å². The lowest BCUT2D eigenvalue weighted by Gasteiger charge is -2.42. The third kappa shape index (κ3) is 4.90. The summed E-state index contributed by atoms with van der Waals surface area (Å²) >= 11 is 0. The van der Waals surface area contributed by atoms with Gasteiger partial charge in [-0.2, -0.15) is 0 Å². The highest BCUT2D eigenvalue weighted by atomic mass is 16.6. The van der Waals surface area contributed by atoms with Crippen molar-refractivity contribution in [3.8, 4) is 0 Å². The first-order valence-electron chi connectivity index (χ1n) is 10.2. The van der Waals surface area contributed by atoms with Gasteiger partial charge in [0.2, 0.25) is 0 Å². The zero-order chi connectivity index (χ0) is 21.2. The third-order valence-corrected chi connectivity index (χ3v) is 6.14. The molecule has 1 aliphatic carbocycles. The summed E-state index contributed by atoms with van der Waals surface area (Å²) < 4.78 is 28.4. The molecule has 0 N–H and O–H groups in total. The van der Waals surface area contributed by atoms with Crippen molar-refractivity contribution in [2.45, 2.75) is 76.5 Å². The first-order valence-corrected chi connectivity index (χ1v) is 10.2. The quantitative estimate of drug-likeness (QED) is 0.264. The monoisotopic (exact) mass is 408 g/mol. The first-order chi connectivity index (χ1) is 13.7. The van der Waals surface area contributed by atoms with Crippen LogP contribution in [0.5, 0.6) is 0 Å². The molecule has 7 heteroatoms. The molecule has 0 aromatic heterocycles. The van der Waals surface area contributed by atoms with Crippen LogP contribution in [0.4, 0.5) is 0 Å². The number of carbonyl (C=O) groups is 2. The SMILES string of the molecule is COC1C(OC(=O)C=CCOC(C)=O)CCC2(CO2)C1C1(C)OC1CC=C(C)C. The van der Waals surface area contributed by atoms with Crippen LogP contribution < -0.4 is 0 Å². The summed E-state index contributed by atoms with van der Waals surface area (Å²) in [5.74, 6) is -0.877. The van der Waals surface area contributed by atoms with E-state index in [1.54, 1.807) is 7.11 Å². The molecule has 0 bridgehead atoms. The van der Waals surface area contributed by atoms with Crippen LogP contribution >= 0.6 is 0 Å². The van der Waals surface area contributed by atoms with E-state index in [1.165, 1.54) is 24.6 Å². The van der Waals surface area contributed by atoms with Crippen molar-refractivity contribution < 1.29 is 33.3 Å². The number of carbonyl (C=O) groups excluding carboxylic acids is 2. The molecule has 3 rings (SSSR count). The topological polar surface area (TPSA) is 86.9 Å². The number of hydrogen-bond donors (Lipinski definition) is 0. The standard InChI is InChI=1S/C22H32O7/c1-14(2)8-9-17-21(4,29-17)20-19(25-5)16(10-11-22(20)13-27-22)28-18(24)7-6-12-26-15(3)23/h6-8,16-17,19-20H,9-13H2,1-5H3. The second-order valence-corrected chi connectivity index (χ2v) is 8.56. The zero-order valence-electron chi connectivity index (χ0n) is 17.9. The molecule has 3 aliphatic rings. The summed E-state index contributed by atoms with van der Waals surface area (Å²) in [6.45, 7) is 8.32. The second-order valence-electron chi connectivity index (χ2n) is 8.56. The summed E-state index contributed by atoms with van der Waals surface area (Å²) in [5.41, 5.74) is 0.655. The average molecular weight is 408 g/mol. The number of hydrogen-bond acceptors (Lipinski definition) is 7. The normalized spacial score (nSPS) is 38.0. The lowest BCUT2D eigenvalue weighted by molar-refractivity contribution is -0.166. The van der Waals surface area contributed by atoms with Gasteiger partial charge in [0.15, 0.2) is 0 Å². The van der Waals surface area contributed by atoms with Gasteiger partial charge in [-0.3, -0.25) is 4.79 Å². The van der Waals surface area contributed by atoms with Crippen molar-refractivity contribution in [1.82, 2.24) is 0 Å². The lowest BCUT2D eigenvalue weighted by atomic mass is 9.68. The summed E-state index contributed by atoms with van der Waals surface area (Å²) in [6.07, 6.45) is 6.70. The van der Waals surface area contributed by atoms with Crippen molar-refractivity contribution in [2.75, 3.05) is 20.3 Å². The highest BCUT2D eigenvalue weighted by Gasteiger charge is 2.72. The molecule has 1 saturated carbocycles. The van der Waals surface area contributed by atoms with Crippen molar-refractivity contribution >= 4 is 11.9 Å².